The lowest BCUT2D eigenvalue weighted by Gasteiger charge is -2.19. The first-order valence-electron chi connectivity index (χ1n) is 10.4. The number of carbonyl (C=O) groups is 2. The lowest BCUT2D eigenvalue weighted by Crippen LogP contribution is -2.28. The van der Waals surface area contributed by atoms with E-state index < -0.39 is 28.5 Å². The molecule has 2 aromatic carbocycles. The van der Waals surface area contributed by atoms with Gasteiger partial charge in [0.25, 0.3) is 5.91 Å². The predicted molar refractivity (Wildman–Crippen MR) is 123 cm³/mol. The second-order valence-corrected chi connectivity index (χ2v) is 11.0. The fourth-order valence-electron chi connectivity index (χ4n) is 3.36. The molecule has 32 heavy (non-hydrogen) atoms. The number of hydrogen-bond acceptors (Lipinski definition) is 5. The van der Waals surface area contributed by atoms with E-state index in [9.17, 15) is 18.0 Å². The van der Waals surface area contributed by atoms with Gasteiger partial charge >= 0.3 is 5.97 Å². The Bertz CT molecular complexity index is 1100. The van der Waals surface area contributed by atoms with E-state index in [0.717, 1.165) is 18.4 Å². The first-order chi connectivity index (χ1) is 15.0. The number of anilines is 1. The second kappa shape index (κ2) is 9.60. The average Bonchev–Trinajstić information content (AvgIpc) is 3.28. The topological polar surface area (TPSA) is 92.8 Å². The molecule has 172 valence electrons. The summed E-state index contributed by atoms with van der Waals surface area (Å²) < 4.78 is 31.9. The molecule has 1 saturated heterocycles. The maximum absolute atomic E-state index is 12.7. The van der Waals surface area contributed by atoms with E-state index in [0.29, 0.717) is 18.8 Å². The molecular formula is C23H27ClN2O5S. The number of rotatable bonds is 6. The number of hydrogen-bond donors (Lipinski definition) is 1. The highest BCUT2D eigenvalue weighted by Gasteiger charge is 2.28. The monoisotopic (exact) mass is 478 g/mol. The van der Waals surface area contributed by atoms with Crippen LogP contribution < -0.4 is 5.32 Å². The van der Waals surface area contributed by atoms with Crippen LogP contribution in [0.4, 0.5) is 5.69 Å². The molecule has 1 aliphatic rings. The summed E-state index contributed by atoms with van der Waals surface area (Å²) >= 11 is 6.09. The van der Waals surface area contributed by atoms with Crippen molar-refractivity contribution in [2.24, 2.45) is 0 Å². The molecular weight excluding hydrogens is 452 g/mol. The van der Waals surface area contributed by atoms with Crippen LogP contribution in [0.2, 0.25) is 5.02 Å². The average molecular weight is 479 g/mol. The van der Waals surface area contributed by atoms with Gasteiger partial charge in [-0.25, -0.2) is 13.2 Å². The molecule has 9 heteroatoms. The summed E-state index contributed by atoms with van der Waals surface area (Å²) in [5, 5.41) is 2.71. The van der Waals surface area contributed by atoms with Crippen LogP contribution in [0.25, 0.3) is 0 Å². The molecule has 0 saturated carbocycles. The van der Waals surface area contributed by atoms with E-state index in [2.05, 4.69) is 26.1 Å². The largest absolute Gasteiger partial charge is 0.452 e. The van der Waals surface area contributed by atoms with Crippen molar-refractivity contribution in [1.82, 2.24) is 4.31 Å². The number of benzene rings is 2. The minimum absolute atomic E-state index is 0.00582. The summed E-state index contributed by atoms with van der Waals surface area (Å²) in [4.78, 5) is 24.6. The van der Waals surface area contributed by atoms with Crippen molar-refractivity contribution in [2.75, 3.05) is 25.0 Å². The summed E-state index contributed by atoms with van der Waals surface area (Å²) in [7, 11) is -3.71. The number of carbonyl (C=O) groups excluding carboxylic acids is 2. The van der Waals surface area contributed by atoms with Crippen LogP contribution in [-0.4, -0.2) is 44.3 Å². The lowest BCUT2D eigenvalue weighted by atomic mass is 9.87. The summed E-state index contributed by atoms with van der Waals surface area (Å²) in [6.07, 6.45) is 1.60. The number of halogens is 1. The number of nitrogens with zero attached hydrogens (tertiary/aromatic N) is 1. The van der Waals surface area contributed by atoms with Crippen LogP contribution >= 0.6 is 11.6 Å². The Balaban J connectivity index is 1.64. The summed E-state index contributed by atoms with van der Waals surface area (Å²) in [5.74, 6) is -1.38. The third-order valence-corrected chi connectivity index (χ3v) is 7.45. The molecule has 0 spiro atoms. The summed E-state index contributed by atoms with van der Waals surface area (Å²) in [6, 6.07) is 11.3. The van der Waals surface area contributed by atoms with E-state index in [-0.39, 0.29) is 20.9 Å². The number of ether oxygens (including phenoxy) is 1. The van der Waals surface area contributed by atoms with Crippen molar-refractivity contribution in [2.45, 2.75) is 43.9 Å². The Morgan fingerprint density at radius 1 is 1.06 bits per heavy atom. The number of esters is 1. The van der Waals surface area contributed by atoms with Crippen LogP contribution in [0, 0.1) is 0 Å². The van der Waals surface area contributed by atoms with Crippen molar-refractivity contribution >= 4 is 39.2 Å². The summed E-state index contributed by atoms with van der Waals surface area (Å²) in [6.45, 7) is 6.65. The maximum atomic E-state index is 12.7. The lowest BCUT2D eigenvalue weighted by molar-refractivity contribution is -0.119. The Labute approximate surface area is 193 Å². The molecule has 1 aliphatic heterocycles. The number of amides is 1. The van der Waals surface area contributed by atoms with Gasteiger partial charge in [-0.15, -0.1) is 0 Å². The van der Waals surface area contributed by atoms with Crippen molar-refractivity contribution < 1.29 is 22.7 Å². The zero-order chi connectivity index (χ0) is 23.5. The number of nitrogens with one attached hydrogen (secondary N) is 1. The van der Waals surface area contributed by atoms with Crippen LogP contribution in [0.15, 0.2) is 47.4 Å². The van der Waals surface area contributed by atoms with Gasteiger partial charge in [-0.05, 0) is 54.2 Å². The number of sulfonamides is 1. The van der Waals surface area contributed by atoms with Crippen molar-refractivity contribution in [3.63, 3.8) is 0 Å². The molecule has 0 bridgehead atoms. The smallest absolute Gasteiger partial charge is 0.340 e. The van der Waals surface area contributed by atoms with E-state index in [1.54, 1.807) is 12.1 Å². The van der Waals surface area contributed by atoms with Gasteiger partial charge in [0.2, 0.25) is 10.0 Å². The molecule has 2 aromatic rings. The van der Waals surface area contributed by atoms with Gasteiger partial charge in [0, 0.05) is 18.8 Å². The molecule has 0 unspecified atom stereocenters. The molecule has 0 aliphatic carbocycles. The Hall–Kier alpha value is -2.42. The van der Waals surface area contributed by atoms with E-state index >= 15 is 0 Å². The fourth-order valence-corrected chi connectivity index (χ4v) is 5.10. The zero-order valence-corrected chi connectivity index (χ0v) is 19.9. The van der Waals surface area contributed by atoms with Crippen LogP contribution in [0.5, 0.6) is 0 Å². The van der Waals surface area contributed by atoms with Gasteiger partial charge in [0.1, 0.15) is 0 Å². The highest BCUT2D eigenvalue weighted by molar-refractivity contribution is 7.89. The normalized spacial score (nSPS) is 14.9. The van der Waals surface area contributed by atoms with Crippen molar-refractivity contribution in [3.05, 3.63) is 58.6 Å². The molecule has 0 radical (unpaired) electrons. The first kappa shape index (κ1) is 24.2. The molecule has 0 atom stereocenters. The Kier molecular flexibility index (Phi) is 7.27. The molecule has 1 N–H and O–H groups in total. The standard InChI is InChI=1S/C23H27ClN2O5S/c1-23(2,3)16-6-8-17(9-7-16)25-21(27)15-31-22(28)19-14-18(10-11-20(19)24)32(29,30)26-12-4-5-13-26/h6-11,14H,4-5,12-13,15H2,1-3H3,(H,25,27). The minimum atomic E-state index is -3.71. The van der Waals surface area contributed by atoms with Crippen LogP contribution in [-0.2, 0) is 25.0 Å². The second-order valence-electron chi connectivity index (χ2n) is 8.70. The van der Waals surface area contributed by atoms with Crippen molar-refractivity contribution in [1.29, 1.82) is 0 Å². The van der Waals surface area contributed by atoms with E-state index in [1.165, 1.54) is 22.5 Å². The van der Waals surface area contributed by atoms with Crippen LogP contribution in [0.1, 0.15) is 49.5 Å². The third-order valence-electron chi connectivity index (χ3n) is 5.23. The molecule has 1 fully saturated rings. The van der Waals surface area contributed by atoms with Gasteiger partial charge in [-0.1, -0.05) is 44.5 Å². The maximum Gasteiger partial charge on any atom is 0.340 e. The molecule has 3 rings (SSSR count). The van der Waals surface area contributed by atoms with Gasteiger partial charge in [0.05, 0.1) is 15.5 Å². The highest BCUT2D eigenvalue weighted by atomic mass is 35.5. The zero-order valence-electron chi connectivity index (χ0n) is 18.4. The molecule has 1 heterocycles. The minimum Gasteiger partial charge on any atom is -0.452 e. The van der Waals surface area contributed by atoms with Gasteiger partial charge < -0.3 is 10.1 Å². The first-order valence-corrected chi connectivity index (χ1v) is 12.2. The van der Waals surface area contributed by atoms with Crippen molar-refractivity contribution in [3.8, 4) is 0 Å². The van der Waals surface area contributed by atoms with E-state index in [1.807, 2.05) is 12.1 Å². The predicted octanol–water partition coefficient (Wildman–Crippen LogP) is 4.22. The fraction of sp³-hybridized carbons (Fsp3) is 0.391. The molecule has 1 amide bonds. The summed E-state index contributed by atoms with van der Waals surface area (Å²) in [5.41, 5.74) is 1.60. The van der Waals surface area contributed by atoms with Gasteiger partial charge in [-0.2, -0.15) is 4.31 Å². The van der Waals surface area contributed by atoms with E-state index in [4.69, 9.17) is 16.3 Å². The Morgan fingerprint density at radius 3 is 2.28 bits per heavy atom. The van der Waals surface area contributed by atoms with Gasteiger partial charge in [0.15, 0.2) is 6.61 Å². The SMILES string of the molecule is CC(C)(C)c1ccc(NC(=O)COC(=O)c2cc(S(=O)(=O)N3CCCC3)ccc2Cl)cc1. The van der Waals surface area contributed by atoms with Crippen LogP contribution in [0.3, 0.4) is 0 Å². The highest BCUT2D eigenvalue weighted by Crippen LogP contribution is 2.26. The third kappa shape index (κ3) is 5.68. The van der Waals surface area contributed by atoms with Gasteiger partial charge in [-0.3, -0.25) is 4.79 Å². The molecule has 0 aromatic heterocycles. The quantitative estimate of drug-likeness (QED) is 0.627. The molecule has 7 nitrogen and oxygen atoms in total. The Morgan fingerprint density at radius 2 is 1.69 bits per heavy atom.